The van der Waals surface area contributed by atoms with Gasteiger partial charge >= 0.3 is 0 Å². The van der Waals surface area contributed by atoms with Gasteiger partial charge in [-0.15, -0.1) is 0 Å². The van der Waals surface area contributed by atoms with Gasteiger partial charge < -0.3 is 14.6 Å². The molecule has 2 aromatic heterocycles. The Bertz CT molecular complexity index is 603. The summed E-state index contributed by atoms with van der Waals surface area (Å²) in [4.78, 5) is 12.4. The summed E-state index contributed by atoms with van der Waals surface area (Å²) in [6, 6.07) is 3.91. The highest BCUT2D eigenvalue weighted by molar-refractivity contribution is 5.97. The number of amides is 1. The van der Waals surface area contributed by atoms with E-state index >= 15 is 0 Å². The lowest BCUT2D eigenvalue weighted by Gasteiger charge is -2.16. The molecule has 0 aromatic carbocycles. The van der Waals surface area contributed by atoms with Crippen LogP contribution in [0.1, 0.15) is 23.7 Å². The largest absolute Gasteiger partial charge is 0.376 e. The Kier molecular flexibility index (Phi) is 3.31. The number of rotatable bonds is 3. The molecule has 2 atom stereocenters. The number of aromatic nitrogens is 3. The van der Waals surface area contributed by atoms with Crippen LogP contribution in [0.4, 0.5) is 0 Å². The second-order valence-corrected chi connectivity index (χ2v) is 5.04. The minimum Gasteiger partial charge on any atom is -0.376 e. The highest BCUT2D eigenvalue weighted by atomic mass is 16.5. The smallest absolute Gasteiger partial charge is 0.257 e. The molecule has 0 bridgehead atoms. The van der Waals surface area contributed by atoms with Crippen molar-refractivity contribution in [2.24, 2.45) is 7.05 Å². The molecule has 0 aliphatic carbocycles. The Balaban J connectivity index is 1.85. The molecule has 1 saturated heterocycles. The molecular formula is C14H18N4O2. The van der Waals surface area contributed by atoms with Crippen molar-refractivity contribution in [2.75, 3.05) is 6.61 Å². The Morgan fingerprint density at radius 2 is 2.20 bits per heavy atom. The maximum absolute atomic E-state index is 12.4. The molecule has 1 N–H and O–H groups in total. The third-order valence-electron chi connectivity index (χ3n) is 3.69. The van der Waals surface area contributed by atoms with Crippen LogP contribution in [0.3, 0.4) is 0 Å². The van der Waals surface area contributed by atoms with Crippen LogP contribution in [-0.2, 0) is 11.8 Å². The molecule has 1 fully saturated rings. The summed E-state index contributed by atoms with van der Waals surface area (Å²) in [5.41, 5.74) is 0.572. The standard InChI is InChI=1S/C14H18N4O2/c1-10-12(5-8-20-10)16-13(19)11-9-15-17(2)14(11)18-6-3-4-7-18/h3-4,6-7,9-10,12H,5,8H2,1-2H3,(H,16,19)/t10-,12-/m1/s1. The molecule has 6 nitrogen and oxygen atoms in total. The number of carbonyl (C=O) groups is 1. The van der Waals surface area contributed by atoms with E-state index in [4.69, 9.17) is 4.74 Å². The summed E-state index contributed by atoms with van der Waals surface area (Å²) in [6.45, 7) is 2.68. The van der Waals surface area contributed by atoms with Gasteiger partial charge in [0.2, 0.25) is 0 Å². The number of nitrogens with zero attached hydrogens (tertiary/aromatic N) is 3. The zero-order valence-electron chi connectivity index (χ0n) is 11.6. The molecule has 6 heteroatoms. The number of hydrogen-bond acceptors (Lipinski definition) is 3. The number of ether oxygens (including phenoxy) is 1. The van der Waals surface area contributed by atoms with E-state index in [0.29, 0.717) is 12.2 Å². The van der Waals surface area contributed by atoms with Crippen LogP contribution in [-0.4, -0.2) is 39.0 Å². The molecule has 2 aromatic rings. The van der Waals surface area contributed by atoms with Crippen molar-refractivity contribution in [2.45, 2.75) is 25.5 Å². The quantitative estimate of drug-likeness (QED) is 0.912. The Hall–Kier alpha value is -2.08. The van der Waals surface area contributed by atoms with E-state index in [9.17, 15) is 4.79 Å². The number of hydrogen-bond donors (Lipinski definition) is 1. The van der Waals surface area contributed by atoms with Crippen LogP contribution in [0.5, 0.6) is 0 Å². The highest BCUT2D eigenvalue weighted by Crippen LogP contribution is 2.17. The summed E-state index contributed by atoms with van der Waals surface area (Å²) >= 11 is 0. The van der Waals surface area contributed by atoms with Crippen molar-refractivity contribution in [3.05, 3.63) is 36.3 Å². The van der Waals surface area contributed by atoms with E-state index in [1.54, 1.807) is 10.9 Å². The van der Waals surface area contributed by atoms with Gasteiger partial charge in [-0.2, -0.15) is 5.10 Å². The first-order valence-corrected chi connectivity index (χ1v) is 6.74. The summed E-state index contributed by atoms with van der Waals surface area (Å²) in [5.74, 6) is 0.656. The van der Waals surface area contributed by atoms with Gasteiger partial charge in [0, 0.05) is 26.0 Å². The lowest BCUT2D eigenvalue weighted by Crippen LogP contribution is -2.39. The molecule has 106 valence electrons. The Labute approximate surface area is 117 Å². The zero-order chi connectivity index (χ0) is 14.1. The molecule has 0 radical (unpaired) electrons. The van der Waals surface area contributed by atoms with Crippen molar-refractivity contribution >= 4 is 5.91 Å². The van der Waals surface area contributed by atoms with Gasteiger partial charge in [-0.3, -0.25) is 9.48 Å². The molecular weight excluding hydrogens is 256 g/mol. The van der Waals surface area contributed by atoms with Crippen LogP contribution in [0, 0.1) is 0 Å². The minimum absolute atomic E-state index is 0.0608. The van der Waals surface area contributed by atoms with Crippen molar-refractivity contribution in [3.63, 3.8) is 0 Å². The van der Waals surface area contributed by atoms with Gasteiger partial charge in [0.1, 0.15) is 11.4 Å². The van der Waals surface area contributed by atoms with Gasteiger partial charge in [-0.25, -0.2) is 0 Å². The summed E-state index contributed by atoms with van der Waals surface area (Å²) < 4.78 is 9.05. The summed E-state index contributed by atoms with van der Waals surface area (Å²) in [6.07, 6.45) is 6.31. The predicted molar refractivity (Wildman–Crippen MR) is 73.8 cm³/mol. The first-order chi connectivity index (χ1) is 9.66. The molecule has 1 amide bonds. The number of aryl methyl sites for hydroxylation is 1. The van der Waals surface area contributed by atoms with Gasteiger partial charge in [0.05, 0.1) is 18.3 Å². The van der Waals surface area contributed by atoms with Crippen molar-refractivity contribution in [3.8, 4) is 5.82 Å². The molecule has 1 aliphatic heterocycles. The first-order valence-electron chi connectivity index (χ1n) is 6.74. The monoisotopic (exact) mass is 274 g/mol. The van der Waals surface area contributed by atoms with Gasteiger partial charge in [-0.05, 0) is 25.5 Å². The van der Waals surface area contributed by atoms with Crippen LogP contribution < -0.4 is 5.32 Å². The molecule has 0 saturated carbocycles. The van der Waals surface area contributed by atoms with Crippen molar-refractivity contribution in [1.29, 1.82) is 0 Å². The van der Waals surface area contributed by atoms with Crippen molar-refractivity contribution in [1.82, 2.24) is 19.7 Å². The minimum atomic E-state index is -0.107. The fourth-order valence-electron chi connectivity index (χ4n) is 2.54. The molecule has 0 spiro atoms. The molecule has 1 aliphatic rings. The second-order valence-electron chi connectivity index (χ2n) is 5.04. The molecule has 20 heavy (non-hydrogen) atoms. The zero-order valence-corrected chi connectivity index (χ0v) is 11.6. The maximum Gasteiger partial charge on any atom is 0.257 e. The topological polar surface area (TPSA) is 61.1 Å². The van der Waals surface area contributed by atoms with E-state index in [0.717, 1.165) is 12.2 Å². The highest BCUT2D eigenvalue weighted by Gasteiger charge is 2.27. The normalized spacial score (nSPS) is 22.1. The van der Waals surface area contributed by atoms with Crippen LogP contribution >= 0.6 is 0 Å². The van der Waals surface area contributed by atoms with Gasteiger partial charge in [0.15, 0.2) is 0 Å². The van der Waals surface area contributed by atoms with Gasteiger partial charge in [-0.1, -0.05) is 0 Å². The fourth-order valence-corrected chi connectivity index (χ4v) is 2.54. The number of nitrogens with one attached hydrogen (secondary N) is 1. The van der Waals surface area contributed by atoms with Crippen LogP contribution in [0.2, 0.25) is 0 Å². The van der Waals surface area contributed by atoms with E-state index in [-0.39, 0.29) is 18.1 Å². The predicted octanol–water partition coefficient (Wildman–Crippen LogP) is 1.12. The van der Waals surface area contributed by atoms with Gasteiger partial charge in [0.25, 0.3) is 5.91 Å². The van der Waals surface area contributed by atoms with Crippen LogP contribution in [0.15, 0.2) is 30.7 Å². The lowest BCUT2D eigenvalue weighted by atomic mass is 10.1. The fraction of sp³-hybridized carbons (Fsp3) is 0.429. The van der Waals surface area contributed by atoms with Crippen molar-refractivity contribution < 1.29 is 9.53 Å². The SMILES string of the molecule is C[C@H]1OCC[C@H]1NC(=O)c1cnn(C)c1-n1cccc1. The average molecular weight is 274 g/mol. The third kappa shape index (κ3) is 2.22. The second kappa shape index (κ2) is 5.13. The Morgan fingerprint density at radius 3 is 2.85 bits per heavy atom. The molecule has 0 unspecified atom stereocenters. The molecule has 3 rings (SSSR count). The Morgan fingerprint density at radius 1 is 1.45 bits per heavy atom. The maximum atomic E-state index is 12.4. The van der Waals surface area contributed by atoms with E-state index in [2.05, 4.69) is 10.4 Å². The molecule has 3 heterocycles. The summed E-state index contributed by atoms with van der Waals surface area (Å²) in [7, 11) is 1.83. The lowest BCUT2D eigenvalue weighted by molar-refractivity contribution is 0.0866. The first kappa shape index (κ1) is 12.9. The third-order valence-corrected chi connectivity index (χ3v) is 3.69. The number of carbonyl (C=O) groups excluding carboxylic acids is 1. The summed E-state index contributed by atoms with van der Waals surface area (Å²) in [5, 5.41) is 7.22. The van der Waals surface area contributed by atoms with E-state index in [1.165, 1.54) is 0 Å². The van der Waals surface area contributed by atoms with E-state index in [1.807, 2.05) is 43.1 Å². The van der Waals surface area contributed by atoms with E-state index < -0.39 is 0 Å². The van der Waals surface area contributed by atoms with Crippen LogP contribution in [0.25, 0.3) is 5.82 Å². The average Bonchev–Trinajstić information content (AvgIpc) is 3.11.